The van der Waals surface area contributed by atoms with Gasteiger partial charge in [0.05, 0.1) is 0 Å². The van der Waals surface area contributed by atoms with E-state index in [9.17, 15) is 9.59 Å². The van der Waals surface area contributed by atoms with Gasteiger partial charge in [0.25, 0.3) is 5.56 Å². The minimum Gasteiger partial charge on any atom is -0.280 e. The van der Waals surface area contributed by atoms with E-state index in [-0.39, 0.29) is 11.2 Å². The van der Waals surface area contributed by atoms with Gasteiger partial charge in [0, 0.05) is 20.0 Å². The van der Waals surface area contributed by atoms with Gasteiger partial charge in [-0.1, -0.05) is 26.2 Å². The first kappa shape index (κ1) is 16.2. The quantitative estimate of drug-likeness (QED) is 0.636. The zero-order chi connectivity index (χ0) is 16.6. The Kier molecular flexibility index (Phi) is 4.57. The number of hydrogen-bond donors (Lipinski definition) is 0. The van der Waals surface area contributed by atoms with Crippen LogP contribution in [-0.2, 0) is 14.1 Å². The second-order valence-electron chi connectivity index (χ2n) is 6.06. The summed E-state index contributed by atoms with van der Waals surface area (Å²) in [5.74, 6) is 1.95. The molecule has 0 aliphatic heterocycles. The number of rotatable bonds is 3. The molecule has 124 valence electrons. The normalized spacial score (nSPS) is 16.1. The molecule has 1 fully saturated rings. The average molecular weight is 334 g/mol. The highest BCUT2D eigenvalue weighted by Gasteiger charge is 2.22. The molecule has 0 atom stereocenters. The van der Waals surface area contributed by atoms with Crippen LogP contribution in [0, 0.1) is 0 Å². The molecule has 2 aromatic heterocycles. The van der Waals surface area contributed by atoms with Crippen molar-refractivity contribution in [3.8, 4) is 0 Å². The van der Waals surface area contributed by atoms with E-state index in [1.165, 1.54) is 30.9 Å². The summed E-state index contributed by atoms with van der Waals surface area (Å²) >= 11 is 1.54. The molecule has 2 aromatic rings. The second kappa shape index (κ2) is 6.47. The zero-order valence-electron chi connectivity index (χ0n) is 13.8. The van der Waals surface area contributed by atoms with Crippen LogP contribution in [0.25, 0.3) is 11.0 Å². The molecule has 0 N–H and O–H groups in total. The molecule has 0 spiro atoms. The Balaban J connectivity index is 2.30. The van der Waals surface area contributed by atoms with Gasteiger partial charge in [-0.3, -0.25) is 13.9 Å². The van der Waals surface area contributed by atoms with Crippen molar-refractivity contribution in [3.63, 3.8) is 0 Å². The molecule has 0 amide bonds. The second-order valence-corrected chi connectivity index (χ2v) is 7.31. The molecule has 1 saturated carbocycles. The molecule has 23 heavy (non-hydrogen) atoms. The van der Waals surface area contributed by atoms with Crippen LogP contribution in [0.5, 0.6) is 0 Å². The topological polar surface area (TPSA) is 69.8 Å². The Morgan fingerprint density at radius 1 is 1.09 bits per heavy atom. The Labute approximate surface area is 139 Å². The van der Waals surface area contributed by atoms with Gasteiger partial charge in [0.2, 0.25) is 0 Å². The minimum atomic E-state index is -0.344. The molecule has 2 heterocycles. The Morgan fingerprint density at radius 3 is 2.43 bits per heavy atom. The van der Waals surface area contributed by atoms with Gasteiger partial charge in [0.1, 0.15) is 16.2 Å². The van der Waals surface area contributed by atoms with Crippen molar-refractivity contribution < 1.29 is 0 Å². The predicted molar refractivity (Wildman–Crippen MR) is 92.2 cm³/mol. The van der Waals surface area contributed by atoms with E-state index in [2.05, 4.69) is 4.98 Å². The van der Waals surface area contributed by atoms with E-state index < -0.39 is 0 Å². The Bertz CT molecular complexity index is 850. The van der Waals surface area contributed by atoms with Gasteiger partial charge in [-0.25, -0.2) is 14.8 Å². The fraction of sp³-hybridized carbons (Fsp3) is 0.625. The maximum Gasteiger partial charge on any atom is 0.332 e. The van der Waals surface area contributed by atoms with Crippen molar-refractivity contribution in [3.05, 3.63) is 26.7 Å². The van der Waals surface area contributed by atoms with E-state index in [0.717, 1.165) is 29.0 Å². The molecule has 1 aliphatic carbocycles. The van der Waals surface area contributed by atoms with Crippen molar-refractivity contribution >= 4 is 22.8 Å². The highest BCUT2D eigenvalue weighted by molar-refractivity contribution is 7.99. The third-order valence-corrected chi connectivity index (χ3v) is 5.39. The fourth-order valence-corrected chi connectivity index (χ4v) is 3.98. The summed E-state index contributed by atoms with van der Waals surface area (Å²) in [6.45, 7) is 2.03. The molecule has 6 nitrogen and oxygen atoms in total. The lowest BCUT2D eigenvalue weighted by molar-refractivity contribution is 0.427. The van der Waals surface area contributed by atoms with Crippen LogP contribution in [0.2, 0.25) is 0 Å². The van der Waals surface area contributed by atoms with Crippen molar-refractivity contribution in [2.45, 2.75) is 50.0 Å². The molecule has 0 aromatic carbocycles. The predicted octanol–water partition coefficient (Wildman–Crippen LogP) is 2.19. The molecule has 0 unspecified atom stereocenters. The molecular formula is C16H22N4O2S. The number of fused-ring (bicyclic) bond motifs is 1. The largest absolute Gasteiger partial charge is 0.332 e. The third-order valence-electron chi connectivity index (χ3n) is 4.54. The van der Waals surface area contributed by atoms with E-state index in [1.54, 1.807) is 18.8 Å². The molecule has 1 aliphatic rings. The van der Waals surface area contributed by atoms with Crippen LogP contribution >= 0.6 is 11.8 Å². The van der Waals surface area contributed by atoms with Gasteiger partial charge in [-0.2, -0.15) is 0 Å². The highest BCUT2D eigenvalue weighted by atomic mass is 32.2. The van der Waals surface area contributed by atoms with Crippen LogP contribution in [-0.4, -0.2) is 24.9 Å². The van der Waals surface area contributed by atoms with E-state index in [4.69, 9.17) is 4.98 Å². The Hall–Kier alpha value is -1.63. The summed E-state index contributed by atoms with van der Waals surface area (Å²) in [4.78, 5) is 34.1. The van der Waals surface area contributed by atoms with Crippen LogP contribution in [0.3, 0.4) is 0 Å². The van der Waals surface area contributed by atoms with Crippen LogP contribution in [0.15, 0.2) is 14.6 Å². The lowest BCUT2D eigenvalue weighted by Gasteiger charge is -2.21. The van der Waals surface area contributed by atoms with Gasteiger partial charge < -0.3 is 0 Å². The third kappa shape index (κ3) is 2.82. The van der Waals surface area contributed by atoms with Gasteiger partial charge in [-0.15, -0.1) is 11.8 Å². The molecule has 0 saturated heterocycles. The highest BCUT2D eigenvalue weighted by Crippen LogP contribution is 2.32. The van der Waals surface area contributed by atoms with Crippen molar-refractivity contribution in [2.75, 3.05) is 5.75 Å². The van der Waals surface area contributed by atoms with Gasteiger partial charge in [-0.05, 0) is 18.6 Å². The lowest BCUT2D eigenvalue weighted by atomic mass is 9.89. The molecule has 3 rings (SSSR count). The minimum absolute atomic E-state index is 0.311. The summed E-state index contributed by atoms with van der Waals surface area (Å²) < 4.78 is 2.59. The van der Waals surface area contributed by atoms with E-state index >= 15 is 0 Å². The standard InChI is InChI=1S/C16H22N4O2S/c1-4-23-14-11-13(19(2)16(22)20(3)15(11)21)17-12(18-14)10-8-6-5-7-9-10/h10H,4-9H2,1-3H3. The maximum atomic E-state index is 12.5. The number of aryl methyl sites for hydroxylation is 1. The number of thioether (sulfide) groups is 1. The summed E-state index contributed by atoms with van der Waals surface area (Å²) in [7, 11) is 3.17. The monoisotopic (exact) mass is 334 g/mol. The SMILES string of the molecule is CCSc1nc(C2CCCCC2)nc2c1c(=O)n(C)c(=O)n2C. The number of nitrogens with zero attached hydrogens (tertiary/aromatic N) is 4. The first-order chi connectivity index (χ1) is 11.0. The smallest absolute Gasteiger partial charge is 0.280 e. The first-order valence-corrected chi connectivity index (χ1v) is 9.13. The maximum absolute atomic E-state index is 12.5. The van der Waals surface area contributed by atoms with Crippen molar-refractivity contribution in [1.29, 1.82) is 0 Å². The number of aromatic nitrogens is 4. The van der Waals surface area contributed by atoms with Crippen LogP contribution < -0.4 is 11.2 Å². The van der Waals surface area contributed by atoms with Crippen LogP contribution in [0.4, 0.5) is 0 Å². The van der Waals surface area contributed by atoms with E-state index in [0.29, 0.717) is 22.0 Å². The Morgan fingerprint density at radius 2 is 1.78 bits per heavy atom. The van der Waals surface area contributed by atoms with Crippen molar-refractivity contribution in [1.82, 2.24) is 19.1 Å². The molecular weight excluding hydrogens is 312 g/mol. The summed E-state index contributed by atoms with van der Waals surface area (Å²) in [6.07, 6.45) is 5.82. The van der Waals surface area contributed by atoms with E-state index in [1.807, 2.05) is 6.92 Å². The average Bonchev–Trinajstić information content (AvgIpc) is 2.58. The summed E-state index contributed by atoms with van der Waals surface area (Å²) in [5.41, 5.74) is -0.192. The molecule has 0 radical (unpaired) electrons. The van der Waals surface area contributed by atoms with Crippen molar-refractivity contribution in [2.24, 2.45) is 14.1 Å². The molecule has 7 heteroatoms. The number of hydrogen-bond acceptors (Lipinski definition) is 5. The van der Waals surface area contributed by atoms with Gasteiger partial charge >= 0.3 is 5.69 Å². The summed E-state index contributed by atoms with van der Waals surface area (Å²) in [6, 6.07) is 0. The fourth-order valence-electron chi connectivity index (χ4n) is 3.23. The van der Waals surface area contributed by atoms with Gasteiger partial charge in [0.15, 0.2) is 5.65 Å². The first-order valence-electron chi connectivity index (χ1n) is 8.15. The molecule has 0 bridgehead atoms. The van der Waals surface area contributed by atoms with Crippen LogP contribution in [0.1, 0.15) is 50.8 Å². The lowest BCUT2D eigenvalue weighted by Crippen LogP contribution is -2.38. The summed E-state index contributed by atoms with van der Waals surface area (Å²) in [5, 5.41) is 1.16. The zero-order valence-corrected chi connectivity index (χ0v) is 14.7.